The van der Waals surface area contributed by atoms with Crippen LogP contribution in [0.5, 0.6) is 0 Å². The predicted octanol–water partition coefficient (Wildman–Crippen LogP) is 5.72. The minimum absolute atomic E-state index is 0.464. The summed E-state index contributed by atoms with van der Waals surface area (Å²) in [6.07, 6.45) is 2.52. The number of halogens is 1. The van der Waals surface area contributed by atoms with Crippen molar-refractivity contribution in [2.24, 2.45) is 0 Å². The molecule has 1 saturated carbocycles. The van der Waals surface area contributed by atoms with Crippen molar-refractivity contribution in [2.45, 2.75) is 51.6 Å². The van der Waals surface area contributed by atoms with Crippen molar-refractivity contribution in [1.82, 2.24) is 5.32 Å². The molecule has 1 N–H and O–H groups in total. The molecule has 0 saturated heterocycles. The van der Waals surface area contributed by atoms with Crippen molar-refractivity contribution >= 4 is 27.3 Å². The molecule has 3 heteroatoms. The van der Waals surface area contributed by atoms with Crippen LogP contribution in [0.4, 0.5) is 0 Å². The first-order valence-corrected chi connectivity index (χ1v) is 9.22. The lowest BCUT2D eigenvalue weighted by molar-refractivity contribution is 0.271. The number of hydrogen-bond donors (Lipinski definition) is 1. The van der Waals surface area contributed by atoms with E-state index in [9.17, 15) is 0 Å². The van der Waals surface area contributed by atoms with E-state index in [-0.39, 0.29) is 0 Å². The normalized spacial score (nSPS) is 22.9. The largest absolute Gasteiger partial charge is 0.307 e. The third-order valence-corrected chi connectivity index (χ3v) is 6.02. The number of thiophene rings is 1. The van der Waals surface area contributed by atoms with E-state index in [2.05, 4.69) is 72.3 Å². The van der Waals surface area contributed by atoms with E-state index in [4.69, 9.17) is 0 Å². The summed E-state index contributed by atoms with van der Waals surface area (Å²) in [5, 5.41) is 3.80. The smallest absolute Gasteiger partial charge is 0.0305 e. The standard InChI is InChI=1S/C18H22BrNS/c1-11-8-18(13(3)21-11)12(2)20-17-9-15(10-17)14-4-6-16(19)7-5-14/h4-8,12,15,17,20H,9-10H2,1-3H3. The molecule has 0 aliphatic heterocycles. The second kappa shape index (κ2) is 6.23. The molecule has 21 heavy (non-hydrogen) atoms. The molecule has 3 rings (SSSR count). The van der Waals surface area contributed by atoms with E-state index in [1.165, 1.54) is 33.7 Å². The zero-order valence-corrected chi connectivity index (χ0v) is 15.2. The SMILES string of the molecule is Cc1cc(C(C)NC2CC(c3ccc(Br)cc3)C2)c(C)s1. The van der Waals surface area contributed by atoms with Crippen molar-refractivity contribution in [3.05, 3.63) is 55.7 Å². The van der Waals surface area contributed by atoms with Crippen LogP contribution in [0.15, 0.2) is 34.8 Å². The zero-order chi connectivity index (χ0) is 15.0. The predicted molar refractivity (Wildman–Crippen MR) is 95.2 cm³/mol. The average molecular weight is 364 g/mol. The van der Waals surface area contributed by atoms with Crippen LogP contribution in [0.25, 0.3) is 0 Å². The molecular weight excluding hydrogens is 342 g/mol. The summed E-state index contributed by atoms with van der Waals surface area (Å²) in [5.74, 6) is 0.730. The lowest BCUT2D eigenvalue weighted by Crippen LogP contribution is -2.41. The van der Waals surface area contributed by atoms with Gasteiger partial charge in [0.05, 0.1) is 0 Å². The molecule has 1 heterocycles. The maximum atomic E-state index is 3.80. The molecule has 1 nitrogen and oxygen atoms in total. The molecule has 0 bridgehead atoms. The number of aryl methyl sites for hydroxylation is 2. The van der Waals surface area contributed by atoms with Gasteiger partial charge in [-0.3, -0.25) is 0 Å². The van der Waals surface area contributed by atoms with E-state index >= 15 is 0 Å². The van der Waals surface area contributed by atoms with Crippen LogP contribution in [0.1, 0.15) is 52.6 Å². The summed E-state index contributed by atoms with van der Waals surface area (Å²) in [6, 6.07) is 12.3. The molecule has 2 aromatic rings. The Morgan fingerprint density at radius 1 is 1.19 bits per heavy atom. The third-order valence-electron chi connectivity index (χ3n) is 4.51. The summed E-state index contributed by atoms with van der Waals surface area (Å²) in [7, 11) is 0. The molecular formula is C18H22BrNS. The minimum atomic E-state index is 0.464. The van der Waals surface area contributed by atoms with Gasteiger partial charge in [0.1, 0.15) is 0 Å². The van der Waals surface area contributed by atoms with E-state index in [0.29, 0.717) is 12.1 Å². The van der Waals surface area contributed by atoms with Crippen LogP contribution in [0.3, 0.4) is 0 Å². The Hall–Kier alpha value is -0.640. The summed E-state index contributed by atoms with van der Waals surface area (Å²) in [6.45, 7) is 6.72. The second-order valence-electron chi connectivity index (χ2n) is 6.17. The molecule has 1 aliphatic carbocycles. The molecule has 1 aromatic carbocycles. The minimum Gasteiger partial charge on any atom is -0.307 e. The molecule has 112 valence electrons. The fourth-order valence-corrected chi connectivity index (χ4v) is 4.57. The second-order valence-corrected chi connectivity index (χ2v) is 8.55. The van der Waals surface area contributed by atoms with Gasteiger partial charge in [-0.25, -0.2) is 0 Å². The quantitative estimate of drug-likeness (QED) is 0.731. The number of hydrogen-bond acceptors (Lipinski definition) is 2. The number of benzene rings is 1. The van der Waals surface area contributed by atoms with Crippen molar-refractivity contribution in [3.63, 3.8) is 0 Å². The van der Waals surface area contributed by atoms with Gasteiger partial charge in [-0.2, -0.15) is 0 Å². The first-order chi connectivity index (χ1) is 10.0. The Labute approximate surface area is 139 Å². The number of nitrogens with one attached hydrogen (secondary N) is 1. The Kier molecular flexibility index (Phi) is 4.53. The van der Waals surface area contributed by atoms with Crippen molar-refractivity contribution in [1.29, 1.82) is 0 Å². The fourth-order valence-electron chi connectivity index (χ4n) is 3.28. The van der Waals surface area contributed by atoms with Gasteiger partial charge in [0.25, 0.3) is 0 Å². The fraction of sp³-hybridized carbons (Fsp3) is 0.444. The van der Waals surface area contributed by atoms with Crippen LogP contribution in [0, 0.1) is 13.8 Å². The van der Waals surface area contributed by atoms with E-state index in [1.807, 2.05) is 11.3 Å². The highest BCUT2D eigenvalue weighted by Crippen LogP contribution is 2.38. The average Bonchev–Trinajstić information content (AvgIpc) is 2.74. The molecule has 0 amide bonds. The van der Waals surface area contributed by atoms with Crippen LogP contribution < -0.4 is 5.32 Å². The first kappa shape index (κ1) is 15.3. The van der Waals surface area contributed by atoms with Gasteiger partial charge >= 0.3 is 0 Å². The summed E-state index contributed by atoms with van der Waals surface area (Å²) >= 11 is 5.41. The number of rotatable bonds is 4. The van der Waals surface area contributed by atoms with Gasteiger partial charge in [0, 0.05) is 26.3 Å². The highest BCUT2D eigenvalue weighted by atomic mass is 79.9. The lowest BCUT2D eigenvalue weighted by atomic mass is 9.75. The summed E-state index contributed by atoms with van der Waals surface area (Å²) < 4.78 is 1.16. The van der Waals surface area contributed by atoms with Gasteiger partial charge < -0.3 is 5.32 Å². The summed E-state index contributed by atoms with van der Waals surface area (Å²) in [5.41, 5.74) is 2.95. The topological polar surface area (TPSA) is 12.0 Å². The van der Waals surface area contributed by atoms with Crippen molar-refractivity contribution < 1.29 is 0 Å². The Balaban J connectivity index is 1.55. The lowest BCUT2D eigenvalue weighted by Gasteiger charge is -2.38. The molecule has 1 unspecified atom stereocenters. The highest BCUT2D eigenvalue weighted by molar-refractivity contribution is 9.10. The molecule has 0 radical (unpaired) electrons. The van der Waals surface area contributed by atoms with Gasteiger partial charge in [-0.05, 0) is 68.9 Å². The maximum absolute atomic E-state index is 3.80. The monoisotopic (exact) mass is 363 g/mol. The molecule has 1 atom stereocenters. The van der Waals surface area contributed by atoms with Crippen molar-refractivity contribution in [2.75, 3.05) is 0 Å². The zero-order valence-electron chi connectivity index (χ0n) is 12.8. The molecule has 0 spiro atoms. The molecule has 1 aliphatic rings. The van der Waals surface area contributed by atoms with E-state index in [1.54, 1.807) is 0 Å². The van der Waals surface area contributed by atoms with Crippen LogP contribution >= 0.6 is 27.3 Å². The summed E-state index contributed by atoms with van der Waals surface area (Å²) in [4.78, 5) is 2.87. The van der Waals surface area contributed by atoms with Gasteiger partial charge in [0.2, 0.25) is 0 Å². The molecule has 1 fully saturated rings. The third kappa shape index (κ3) is 3.41. The van der Waals surface area contributed by atoms with Gasteiger partial charge in [-0.15, -0.1) is 11.3 Å². The van der Waals surface area contributed by atoms with Gasteiger partial charge in [-0.1, -0.05) is 28.1 Å². The Morgan fingerprint density at radius 3 is 2.43 bits per heavy atom. The van der Waals surface area contributed by atoms with Gasteiger partial charge in [0.15, 0.2) is 0 Å². The van der Waals surface area contributed by atoms with Crippen molar-refractivity contribution in [3.8, 4) is 0 Å². The van der Waals surface area contributed by atoms with Crippen LogP contribution in [-0.2, 0) is 0 Å². The highest BCUT2D eigenvalue weighted by Gasteiger charge is 2.31. The molecule has 1 aromatic heterocycles. The first-order valence-electron chi connectivity index (χ1n) is 7.61. The Morgan fingerprint density at radius 2 is 1.86 bits per heavy atom. The van der Waals surface area contributed by atoms with E-state index in [0.717, 1.165) is 10.4 Å². The Bertz CT molecular complexity index is 611. The maximum Gasteiger partial charge on any atom is 0.0305 e. The van der Waals surface area contributed by atoms with Crippen LogP contribution in [-0.4, -0.2) is 6.04 Å². The van der Waals surface area contributed by atoms with E-state index < -0.39 is 0 Å². The van der Waals surface area contributed by atoms with Crippen LogP contribution in [0.2, 0.25) is 0 Å².